The minimum Gasteiger partial charge on any atom is -0.393 e. The van der Waals surface area contributed by atoms with Gasteiger partial charge in [-0.3, -0.25) is 14.9 Å². The Bertz CT molecular complexity index is 510. The zero-order valence-corrected chi connectivity index (χ0v) is 11.3. The van der Waals surface area contributed by atoms with E-state index < -0.39 is 10.8 Å². The number of para-hydroxylation sites is 1. The Kier molecular flexibility index (Phi) is 4.55. The first-order chi connectivity index (χ1) is 9.59. The molecular weight excluding hydrogens is 258 g/mol. The van der Waals surface area contributed by atoms with Gasteiger partial charge in [0.05, 0.1) is 4.92 Å². The molecule has 6 nitrogen and oxygen atoms in total. The van der Waals surface area contributed by atoms with E-state index in [1.807, 2.05) is 0 Å². The third-order valence-electron chi connectivity index (χ3n) is 3.81. The van der Waals surface area contributed by atoms with Crippen molar-refractivity contribution in [2.75, 3.05) is 12.3 Å². The van der Waals surface area contributed by atoms with Gasteiger partial charge in [-0.25, -0.2) is 0 Å². The van der Waals surface area contributed by atoms with Crippen molar-refractivity contribution in [2.45, 2.75) is 32.1 Å². The van der Waals surface area contributed by atoms with Gasteiger partial charge in [0.2, 0.25) is 0 Å². The highest BCUT2D eigenvalue weighted by Gasteiger charge is 2.23. The van der Waals surface area contributed by atoms with Crippen molar-refractivity contribution in [3.05, 3.63) is 33.9 Å². The van der Waals surface area contributed by atoms with Crippen LogP contribution in [0.3, 0.4) is 0 Å². The number of benzene rings is 1. The lowest BCUT2D eigenvalue weighted by Gasteiger charge is -2.10. The fourth-order valence-corrected chi connectivity index (χ4v) is 2.73. The topological polar surface area (TPSA) is 98.3 Å². The predicted molar refractivity (Wildman–Crippen MR) is 76.4 cm³/mol. The SMILES string of the molecule is Nc1cccc(C(=O)NCCC2CCCC2)c1[N+](=O)[O-]. The lowest BCUT2D eigenvalue weighted by molar-refractivity contribution is -0.384. The minimum absolute atomic E-state index is 0.0124. The molecule has 20 heavy (non-hydrogen) atoms. The molecule has 1 amide bonds. The summed E-state index contributed by atoms with van der Waals surface area (Å²) in [6, 6.07) is 4.40. The number of nitrogens with two attached hydrogens (primary N) is 1. The summed E-state index contributed by atoms with van der Waals surface area (Å²) in [5.74, 6) is 0.244. The number of amides is 1. The van der Waals surface area contributed by atoms with E-state index in [1.54, 1.807) is 6.07 Å². The summed E-state index contributed by atoms with van der Waals surface area (Å²) in [5, 5.41) is 13.7. The predicted octanol–water partition coefficient (Wildman–Crippen LogP) is 2.49. The molecule has 1 aliphatic carbocycles. The average molecular weight is 277 g/mol. The quantitative estimate of drug-likeness (QED) is 0.490. The van der Waals surface area contributed by atoms with Gasteiger partial charge in [0, 0.05) is 6.54 Å². The van der Waals surface area contributed by atoms with E-state index in [1.165, 1.54) is 37.8 Å². The lowest BCUT2D eigenvalue weighted by Crippen LogP contribution is -2.26. The summed E-state index contributed by atoms with van der Waals surface area (Å²) in [5.41, 5.74) is 5.29. The molecule has 0 aromatic heterocycles. The molecule has 1 aromatic carbocycles. The van der Waals surface area contributed by atoms with Crippen LogP contribution < -0.4 is 11.1 Å². The highest BCUT2D eigenvalue weighted by molar-refractivity contribution is 6.00. The van der Waals surface area contributed by atoms with Gasteiger partial charge in [0.15, 0.2) is 0 Å². The smallest absolute Gasteiger partial charge is 0.304 e. The molecule has 1 aromatic rings. The fraction of sp³-hybridized carbons (Fsp3) is 0.500. The Morgan fingerprint density at radius 3 is 2.75 bits per heavy atom. The van der Waals surface area contributed by atoms with Crippen LogP contribution in [0.15, 0.2) is 18.2 Å². The summed E-state index contributed by atoms with van der Waals surface area (Å²) >= 11 is 0. The second kappa shape index (κ2) is 6.36. The van der Waals surface area contributed by atoms with E-state index in [2.05, 4.69) is 5.32 Å². The van der Waals surface area contributed by atoms with Crippen LogP contribution in [0.5, 0.6) is 0 Å². The van der Waals surface area contributed by atoms with Crippen molar-refractivity contribution < 1.29 is 9.72 Å². The summed E-state index contributed by atoms with van der Waals surface area (Å²) < 4.78 is 0. The van der Waals surface area contributed by atoms with Gasteiger partial charge in [-0.05, 0) is 24.5 Å². The normalized spacial score (nSPS) is 15.2. The van der Waals surface area contributed by atoms with E-state index in [0.29, 0.717) is 12.5 Å². The zero-order valence-electron chi connectivity index (χ0n) is 11.3. The highest BCUT2D eigenvalue weighted by Crippen LogP contribution is 2.28. The molecule has 0 atom stereocenters. The van der Waals surface area contributed by atoms with Crippen LogP contribution in [0.2, 0.25) is 0 Å². The first kappa shape index (κ1) is 14.3. The summed E-state index contributed by atoms with van der Waals surface area (Å²) in [6.45, 7) is 0.551. The Hall–Kier alpha value is -2.11. The van der Waals surface area contributed by atoms with Crippen LogP contribution in [0.25, 0.3) is 0 Å². The molecule has 0 spiro atoms. The number of carbonyl (C=O) groups excluding carboxylic acids is 1. The first-order valence-corrected chi connectivity index (χ1v) is 6.90. The third-order valence-corrected chi connectivity index (χ3v) is 3.81. The summed E-state index contributed by atoms with van der Waals surface area (Å²) in [7, 11) is 0. The van der Waals surface area contributed by atoms with Crippen LogP contribution in [-0.4, -0.2) is 17.4 Å². The van der Waals surface area contributed by atoms with Crippen LogP contribution >= 0.6 is 0 Å². The Labute approximate surface area is 117 Å². The Balaban J connectivity index is 1.98. The molecule has 0 saturated heterocycles. The van der Waals surface area contributed by atoms with E-state index in [-0.39, 0.29) is 16.9 Å². The second-order valence-electron chi connectivity index (χ2n) is 5.20. The molecule has 0 unspecified atom stereocenters. The van der Waals surface area contributed by atoms with E-state index in [4.69, 9.17) is 5.73 Å². The molecule has 0 radical (unpaired) electrons. The number of nitro benzene ring substituents is 1. The highest BCUT2D eigenvalue weighted by atomic mass is 16.6. The zero-order chi connectivity index (χ0) is 14.5. The molecule has 1 aliphatic rings. The first-order valence-electron chi connectivity index (χ1n) is 6.90. The van der Waals surface area contributed by atoms with Gasteiger partial charge < -0.3 is 11.1 Å². The number of rotatable bonds is 5. The molecule has 1 saturated carbocycles. The summed E-state index contributed by atoms with van der Waals surface area (Å²) in [6.07, 6.45) is 5.89. The standard InChI is InChI=1S/C14H19N3O3/c15-12-7-3-6-11(13(12)17(19)20)14(18)16-9-8-10-4-1-2-5-10/h3,6-7,10H,1-2,4-5,8-9,15H2,(H,16,18). The van der Waals surface area contributed by atoms with Gasteiger partial charge in [-0.2, -0.15) is 0 Å². The maximum absolute atomic E-state index is 12.0. The van der Waals surface area contributed by atoms with Gasteiger partial charge in [0.1, 0.15) is 11.3 Å². The molecule has 1 fully saturated rings. The van der Waals surface area contributed by atoms with Crippen molar-refractivity contribution in [3.8, 4) is 0 Å². The maximum atomic E-state index is 12.0. The number of nitro groups is 1. The molecule has 2 rings (SSSR count). The second-order valence-corrected chi connectivity index (χ2v) is 5.20. The number of nitrogens with one attached hydrogen (secondary N) is 1. The number of hydrogen-bond donors (Lipinski definition) is 2. The molecule has 0 bridgehead atoms. The molecule has 0 aliphatic heterocycles. The number of carbonyl (C=O) groups is 1. The van der Waals surface area contributed by atoms with E-state index >= 15 is 0 Å². The number of nitrogen functional groups attached to an aromatic ring is 1. The molecule has 3 N–H and O–H groups in total. The lowest BCUT2D eigenvalue weighted by atomic mass is 10.0. The van der Waals surface area contributed by atoms with Gasteiger partial charge >= 0.3 is 5.69 Å². The van der Waals surface area contributed by atoms with Gasteiger partial charge in [-0.1, -0.05) is 31.7 Å². The van der Waals surface area contributed by atoms with Crippen molar-refractivity contribution >= 4 is 17.3 Å². The summed E-state index contributed by atoms with van der Waals surface area (Å²) in [4.78, 5) is 22.4. The molecule has 6 heteroatoms. The molecule has 0 heterocycles. The van der Waals surface area contributed by atoms with E-state index in [9.17, 15) is 14.9 Å². The van der Waals surface area contributed by atoms with Crippen molar-refractivity contribution in [1.82, 2.24) is 5.32 Å². The molecular formula is C14H19N3O3. The number of anilines is 1. The Morgan fingerprint density at radius 1 is 1.40 bits per heavy atom. The van der Waals surface area contributed by atoms with Crippen molar-refractivity contribution in [3.63, 3.8) is 0 Å². The molecule has 108 valence electrons. The largest absolute Gasteiger partial charge is 0.393 e. The average Bonchev–Trinajstić information content (AvgIpc) is 2.91. The maximum Gasteiger partial charge on any atom is 0.304 e. The van der Waals surface area contributed by atoms with Crippen LogP contribution in [0.1, 0.15) is 42.5 Å². The van der Waals surface area contributed by atoms with Crippen molar-refractivity contribution in [1.29, 1.82) is 0 Å². The van der Waals surface area contributed by atoms with Gasteiger partial charge in [0.25, 0.3) is 5.91 Å². The van der Waals surface area contributed by atoms with Crippen LogP contribution in [-0.2, 0) is 0 Å². The van der Waals surface area contributed by atoms with Crippen LogP contribution in [0.4, 0.5) is 11.4 Å². The van der Waals surface area contributed by atoms with Gasteiger partial charge in [-0.15, -0.1) is 0 Å². The number of hydrogen-bond acceptors (Lipinski definition) is 4. The van der Waals surface area contributed by atoms with E-state index in [0.717, 1.165) is 6.42 Å². The van der Waals surface area contributed by atoms with Crippen molar-refractivity contribution in [2.24, 2.45) is 5.92 Å². The van der Waals surface area contributed by atoms with Crippen LogP contribution in [0, 0.1) is 16.0 Å². The fourth-order valence-electron chi connectivity index (χ4n) is 2.73. The number of nitrogens with zero attached hydrogens (tertiary/aromatic N) is 1. The minimum atomic E-state index is -0.610. The Morgan fingerprint density at radius 2 is 2.10 bits per heavy atom. The third kappa shape index (κ3) is 3.26. The monoisotopic (exact) mass is 277 g/mol.